The van der Waals surface area contributed by atoms with Gasteiger partial charge in [0.1, 0.15) is 12.4 Å². The Bertz CT molecular complexity index is 533. The first kappa shape index (κ1) is 15.8. The number of hydrogen-bond donors (Lipinski definition) is 1. The fourth-order valence-corrected chi connectivity index (χ4v) is 2.30. The quantitative estimate of drug-likeness (QED) is 0.754. The molecule has 21 heavy (non-hydrogen) atoms. The van der Waals surface area contributed by atoms with E-state index in [0.717, 1.165) is 16.3 Å². The van der Waals surface area contributed by atoms with Gasteiger partial charge in [0.05, 0.1) is 12.7 Å². The summed E-state index contributed by atoms with van der Waals surface area (Å²) in [5.41, 5.74) is 0.994. The average Bonchev–Trinajstić information content (AvgIpc) is 2.52. The molecule has 0 aliphatic heterocycles. The van der Waals surface area contributed by atoms with Crippen LogP contribution in [0, 0.1) is 0 Å². The minimum Gasteiger partial charge on any atom is -0.491 e. The van der Waals surface area contributed by atoms with Crippen molar-refractivity contribution in [3.05, 3.63) is 65.2 Å². The lowest BCUT2D eigenvalue weighted by Gasteiger charge is -2.19. The van der Waals surface area contributed by atoms with E-state index in [4.69, 9.17) is 21.1 Å². The third-order valence-corrected chi connectivity index (χ3v) is 3.40. The summed E-state index contributed by atoms with van der Waals surface area (Å²) in [5.74, 6) is 0.851. The predicted octanol–water partition coefficient (Wildman–Crippen LogP) is 3.70. The summed E-state index contributed by atoms with van der Waals surface area (Å²) in [5, 5.41) is 3.85. The van der Waals surface area contributed by atoms with Crippen LogP contribution in [-0.4, -0.2) is 26.8 Å². The Kier molecular flexibility index (Phi) is 6.54. The lowest BCUT2D eigenvalue weighted by molar-refractivity contribution is 0.0342. The number of para-hydroxylation sites is 1. The molecule has 0 heterocycles. The van der Waals surface area contributed by atoms with Crippen molar-refractivity contribution in [2.24, 2.45) is 0 Å². The molecular weight excluding hydrogens is 286 g/mol. The van der Waals surface area contributed by atoms with Gasteiger partial charge in [-0.15, -0.1) is 0 Å². The predicted molar refractivity (Wildman–Crippen MR) is 86.0 cm³/mol. The van der Waals surface area contributed by atoms with Crippen LogP contribution in [0.5, 0.6) is 5.75 Å². The van der Waals surface area contributed by atoms with Gasteiger partial charge in [-0.05, 0) is 25.2 Å². The van der Waals surface area contributed by atoms with Gasteiger partial charge in [-0.25, -0.2) is 0 Å². The van der Waals surface area contributed by atoms with Crippen LogP contribution in [0.2, 0.25) is 5.02 Å². The molecule has 1 N–H and O–H groups in total. The second kappa shape index (κ2) is 8.67. The molecular formula is C17H20ClNO2. The minimum absolute atomic E-state index is 0.0805. The maximum atomic E-state index is 6.22. The van der Waals surface area contributed by atoms with Crippen LogP contribution in [0.4, 0.5) is 0 Å². The molecule has 0 aliphatic carbocycles. The summed E-state index contributed by atoms with van der Waals surface area (Å²) in [4.78, 5) is 0. The van der Waals surface area contributed by atoms with Crippen LogP contribution in [0.15, 0.2) is 54.6 Å². The van der Waals surface area contributed by atoms with Gasteiger partial charge in [0.25, 0.3) is 0 Å². The molecule has 3 nitrogen and oxygen atoms in total. The fourth-order valence-electron chi connectivity index (χ4n) is 2.05. The van der Waals surface area contributed by atoms with Gasteiger partial charge < -0.3 is 14.8 Å². The van der Waals surface area contributed by atoms with Crippen molar-refractivity contribution in [2.45, 2.75) is 6.10 Å². The fraction of sp³-hybridized carbons (Fsp3) is 0.294. The molecule has 1 atom stereocenters. The normalized spacial score (nSPS) is 12.1. The molecule has 4 heteroatoms. The molecule has 1 unspecified atom stereocenters. The third kappa shape index (κ3) is 5.05. The van der Waals surface area contributed by atoms with Crippen molar-refractivity contribution in [2.75, 3.05) is 26.8 Å². The molecule has 0 saturated carbocycles. The van der Waals surface area contributed by atoms with E-state index in [0.29, 0.717) is 19.8 Å². The van der Waals surface area contributed by atoms with Crippen molar-refractivity contribution >= 4 is 11.6 Å². The van der Waals surface area contributed by atoms with Crippen molar-refractivity contribution in [1.82, 2.24) is 5.32 Å². The monoisotopic (exact) mass is 305 g/mol. The minimum atomic E-state index is -0.0805. The van der Waals surface area contributed by atoms with Gasteiger partial charge in [-0.3, -0.25) is 0 Å². The van der Waals surface area contributed by atoms with Crippen LogP contribution in [0.25, 0.3) is 0 Å². The van der Waals surface area contributed by atoms with Crippen LogP contribution >= 0.6 is 11.6 Å². The van der Waals surface area contributed by atoms with Crippen LogP contribution in [0.3, 0.4) is 0 Å². The molecule has 112 valence electrons. The van der Waals surface area contributed by atoms with Crippen molar-refractivity contribution < 1.29 is 9.47 Å². The van der Waals surface area contributed by atoms with E-state index in [-0.39, 0.29) is 6.10 Å². The highest BCUT2D eigenvalue weighted by molar-refractivity contribution is 6.31. The smallest absolute Gasteiger partial charge is 0.119 e. The van der Waals surface area contributed by atoms with Crippen molar-refractivity contribution in [3.8, 4) is 5.75 Å². The molecule has 2 aromatic carbocycles. The number of halogens is 1. The van der Waals surface area contributed by atoms with Gasteiger partial charge in [0.2, 0.25) is 0 Å². The summed E-state index contributed by atoms with van der Waals surface area (Å²) >= 11 is 6.22. The van der Waals surface area contributed by atoms with Crippen molar-refractivity contribution in [3.63, 3.8) is 0 Å². The molecule has 0 saturated heterocycles. The molecule has 0 bridgehead atoms. The topological polar surface area (TPSA) is 30.5 Å². The second-order valence-electron chi connectivity index (χ2n) is 4.60. The van der Waals surface area contributed by atoms with Crippen LogP contribution in [0.1, 0.15) is 11.7 Å². The van der Waals surface area contributed by atoms with E-state index in [1.54, 1.807) is 0 Å². The highest BCUT2D eigenvalue weighted by Gasteiger charge is 2.14. The standard InChI is InChI=1S/C17H20ClNO2/c1-19-13-17(15-9-5-6-10-16(15)18)21-12-11-20-14-7-3-2-4-8-14/h2-10,17,19H,11-13H2,1H3. The Hall–Kier alpha value is -1.55. The summed E-state index contributed by atoms with van der Waals surface area (Å²) < 4.78 is 11.5. The van der Waals surface area contributed by atoms with Gasteiger partial charge in [-0.1, -0.05) is 48.0 Å². The number of rotatable bonds is 8. The van der Waals surface area contributed by atoms with Gasteiger partial charge in [0.15, 0.2) is 0 Å². The number of nitrogens with one attached hydrogen (secondary N) is 1. The summed E-state index contributed by atoms with van der Waals surface area (Å²) in [6.45, 7) is 1.72. The first-order valence-corrected chi connectivity index (χ1v) is 7.37. The molecule has 0 aromatic heterocycles. The van der Waals surface area contributed by atoms with E-state index in [1.807, 2.05) is 61.6 Å². The molecule has 0 fully saturated rings. The average molecular weight is 306 g/mol. The zero-order chi connectivity index (χ0) is 14.9. The third-order valence-electron chi connectivity index (χ3n) is 3.06. The lowest BCUT2D eigenvalue weighted by atomic mass is 10.1. The van der Waals surface area contributed by atoms with Gasteiger partial charge >= 0.3 is 0 Å². The largest absolute Gasteiger partial charge is 0.491 e. The van der Waals surface area contributed by atoms with Gasteiger partial charge in [-0.2, -0.15) is 0 Å². The van der Waals surface area contributed by atoms with E-state index in [2.05, 4.69) is 5.32 Å². The molecule has 0 amide bonds. The number of likely N-dealkylation sites (N-methyl/N-ethyl adjacent to an activating group) is 1. The lowest BCUT2D eigenvalue weighted by Crippen LogP contribution is -2.22. The highest BCUT2D eigenvalue weighted by Crippen LogP contribution is 2.24. The summed E-state index contributed by atoms with van der Waals surface area (Å²) in [6, 6.07) is 17.5. The Morgan fingerprint density at radius 2 is 1.71 bits per heavy atom. The first-order chi connectivity index (χ1) is 10.3. The van der Waals surface area contributed by atoms with Crippen LogP contribution in [-0.2, 0) is 4.74 Å². The zero-order valence-corrected chi connectivity index (χ0v) is 12.8. The summed E-state index contributed by atoms with van der Waals surface area (Å²) in [6.07, 6.45) is -0.0805. The Morgan fingerprint density at radius 3 is 2.43 bits per heavy atom. The maximum Gasteiger partial charge on any atom is 0.119 e. The molecule has 2 aromatic rings. The van der Waals surface area contributed by atoms with Gasteiger partial charge in [0, 0.05) is 17.1 Å². The van der Waals surface area contributed by atoms with Crippen LogP contribution < -0.4 is 10.1 Å². The molecule has 0 radical (unpaired) electrons. The number of hydrogen-bond acceptors (Lipinski definition) is 3. The van der Waals surface area contributed by atoms with Crippen molar-refractivity contribution in [1.29, 1.82) is 0 Å². The maximum absolute atomic E-state index is 6.22. The van der Waals surface area contributed by atoms with E-state index < -0.39 is 0 Å². The SMILES string of the molecule is CNCC(OCCOc1ccccc1)c1ccccc1Cl. The molecule has 0 aliphatic rings. The second-order valence-corrected chi connectivity index (χ2v) is 5.01. The Morgan fingerprint density at radius 1 is 1.00 bits per heavy atom. The Balaban J connectivity index is 1.85. The van der Waals surface area contributed by atoms with E-state index in [1.165, 1.54) is 0 Å². The Labute approximate surface area is 130 Å². The highest BCUT2D eigenvalue weighted by atomic mass is 35.5. The molecule has 0 spiro atoms. The zero-order valence-electron chi connectivity index (χ0n) is 12.1. The molecule has 2 rings (SSSR count). The number of ether oxygens (including phenoxy) is 2. The first-order valence-electron chi connectivity index (χ1n) is 6.99. The van der Waals surface area contributed by atoms with E-state index in [9.17, 15) is 0 Å². The number of benzene rings is 2. The summed E-state index contributed by atoms with van der Waals surface area (Å²) in [7, 11) is 1.90. The van der Waals surface area contributed by atoms with E-state index >= 15 is 0 Å².